The van der Waals surface area contributed by atoms with Gasteiger partial charge in [0.25, 0.3) is 5.69 Å². The molecular formula is C24H22FN5O3S. The van der Waals surface area contributed by atoms with Crippen LogP contribution >= 0.6 is 11.8 Å². The number of non-ortho nitro benzene ring substituents is 1. The van der Waals surface area contributed by atoms with Gasteiger partial charge < -0.3 is 5.32 Å². The van der Waals surface area contributed by atoms with E-state index in [0.29, 0.717) is 46.4 Å². The molecule has 0 fully saturated rings. The average Bonchev–Trinajstić information content (AvgIpc) is 3.18. The fourth-order valence-electron chi connectivity index (χ4n) is 4.52. The zero-order valence-corrected chi connectivity index (χ0v) is 19.4. The molecule has 1 aliphatic carbocycles. The van der Waals surface area contributed by atoms with Crippen molar-refractivity contribution < 1.29 is 14.1 Å². The summed E-state index contributed by atoms with van der Waals surface area (Å²) in [6.07, 6.45) is 1.02. The van der Waals surface area contributed by atoms with E-state index in [4.69, 9.17) is 0 Å². The van der Waals surface area contributed by atoms with Gasteiger partial charge in [-0.15, -0.1) is 5.10 Å². The highest BCUT2D eigenvalue weighted by Crippen LogP contribution is 2.46. The standard InChI is InChI=1S/C24H22FN5O3S/c1-24(2)11-18-20(19(31)12-24)21(14-7-5-8-16(10-14)30(32)33)29-22(26-18)27-23(28-29)34-13-15-6-3-4-9-17(15)25/h3-10,21H,11-13H2,1-2H3,(H,26,27,28)/t21-/m0/s1. The second kappa shape index (κ2) is 8.35. The van der Waals surface area contributed by atoms with E-state index in [0.717, 1.165) is 5.70 Å². The van der Waals surface area contributed by atoms with Crippen LogP contribution in [0, 0.1) is 21.3 Å². The topological polar surface area (TPSA) is 103 Å². The van der Waals surface area contributed by atoms with Gasteiger partial charge in [0.2, 0.25) is 11.1 Å². The number of hydrogen-bond donors (Lipinski definition) is 1. The molecule has 1 N–H and O–H groups in total. The Kier molecular flexibility index (Phi) is 5.47. The summed E-state index contributed by atoms with van der Waals surface area (Å²) in [5.74, 6) is 0.488. The molecule has 0 saturated heterocycles. The van der Waals surface area contributed by atoms with Gasteiger partial charge in [-0.05, 0) is 29.0 Å². The highest BCUT2D eigenvalue weighted by Gasteiger charge is 2.42. The largest absolute Gasteiger partial charge is 0.328 e. The molecule has 1 atom stereocenters. The summed E-state index contributed by atoms with van der Waals surface area (Å²) in [5.41, 5.74) is 2.18. The molecule has 3 aromatic rings. The van der Waals surface area contributed by atoms with Crippen LogP contribution in [-0.4, -0.2) is 25.5 Å². The number of nitro groups is 1. The van der Waals surface area contributed by atoms with Gasteiger partial charge in [0.05, 0.1) is 4.92 Å². The van der Waals surface area contributed by atoms with Crippen molar-refractivity contribution in [1.82, 2.24) is 14.8 Å². The van der Waals surface area contributed by atoms with Crippen LogP contribution in [0.5, 0.6) is 0 Å². The van der Waals surface area contributed by atoms with Crippen molar-refractivity contribution in [3.05, 3.63) is 86.9 Å². The Morgan fingerprint density at radius 2 is 2.03 bits per heavy atom. The summed E-state index contributed by atoms with van der Waals surface area (Å²) in [6, 6.07) is 12.2. The SMILES string of the molecule is CC1(C)CC(=O)C2=C(C1)Nc1nc(SCc3ccccc3F)nn1[C@H]2c1cccc([N+](=O)[O-])c1. The van der Waals surface area contributed by atoms with Crippen LogP contribution in [0.2, 0.25) is 0 Å². The Hall–Kier alpha value is -3.53. The van der Waals surface area contributed by atoms with Crippen molar-refractivity contribution in [2.45, 2.75) is 43.6 Å². The molecule has 1 aromatic heterocycles. The number of benzene rings is 2. The van der Waals surface area contributed by atoms with Crippen LogP contribution in [0.3, 0.4) is 0 Å². The summed E-state index contributed by atoms with van der Waals surface area (Å²) in [5, 5.41) is 19.7. The Bertz CT molecular complexity index is 1350. The molecule has 8 nitrogen and oxygen atoms in total. The second-order valence-electron chi connectivity index (χ2n) is 9.26. The molecular weight excluding hydrogens is 457 g/mol. The molecule has 2 heterocycles. The fraction of sp³-hybridized carbons (Fsp3) is 0.292. The summed E-state index contributed by atoms with van der Waals surface area (Å²) in [4.78, 5) is 28.8. The molecule has 0 amide bonds. The number of nitrogens with one attached hydrogen (secondary N) is 1. The molecule has 0 radical (unpaired) electrons. The lowest BCUT2D eigenvalue weighted by atomic mass is 9.73. The van der Waals surface area contributed by atoms with Gasteiger partial charge in [-0.1, -0.05) is 55.9 Å². The van der Waals surface area contributed by atoms with Crippen molar-refractivity contribution in [2.24, 2.45) is 5.41 Å². The molecule has 0 bridgehead atoms. The van der Waals surface area contributed by atoms with Gasteiger partial charge in [0.15, 0.2) is 5.78 Å². The van der Waals surface area contributed by atoms with E-state index >= 15 is 0 Å². The van der Waals surface area contributed by atoms with Gasteiger partial charge in [-0.2, -0.15) is 4.98 Å². The number of carbonyl (C=O) groups is 1. The number of nitro benzene ring substituents is 1. The van der Waals surface area contributed by atoms with Crippen LogP contribution in [0.15, 0.2) is 65.0 Å². The van der Waals surface area contributed by atoms with E-state index in [9.17, 15) is 19.3 Å². The maximum absolute atomic E-state index is 14.1. The van der Waals surface area contributed by atoms with E-state index in [1.165, 1.54) is 30.0 Å². The normalized spacial score (nSPS) is 18.8. The lowest BCUT2D eigenvalue weighted by Crippen LogP contribution is -2.36. The smallest absolute Gasteiger partial charge is 0.269 e. The monoisotopic (exact) mass is 479 g/mol. The number of nitrogens with zero attached hydrogens (tertiary/aromatic N) is 4. The van der Waals surface area contributed by atoms with Crippen LogP contribution in [0.1, 0.15) is 43.9 Å². The summed E-state index contributed by atoms with van der Waals surface area (Å²) >= 11 is 1.29. The number of Topliss-reactive ketones (excluding diaryl/α,β-unsaturated/α-hetero) is 1. The number of thioether (sulfide) groups is 1. The van der Waals surface area contributed by atoms with Crippen molar-refractivity contribution in [2.75, 3.05) is 5.32 Å². The fourth-order valence-corrected chi connectivity index (χ4v) is 5.34. The lowest BCUT2D eigenvalue weighted by Gasteiger charge is -2.38. The summed E-state index contributed by atoms with van der Waals surface area (Å²) < 4.78 is 15.7. The molecule has 0 spiro atoms. The van der Waals surface area contributed by atoms with Gasteiger partial charge in [-0.3, -0.25) is 14.9 Å². The van der Waals surface area contributed by atoms with E-state index < -0.39 is 11.0 Å². The number of allylic oxidation sites excluding steroid dienone is 2. The van der Waals surface area contributed by atoms with Crippen LogP contribution < -0.4 is 5.32 Å². The van der Waals surface area contributed by atoms with E-state index in [-0.39, 0.29) is 22.7 Å². The molecule has 5 rings (SSSR count). The van der Waals surface area contributed by atoms with E-state index in [1.54, 1.807) is 35.0 Å². The van der Waals surface area contributed by atoms with Crippen molar-refractivity contribution in [1.29, 1.82) is 0 Å². The molecule has 2 aliphatic rings. The molecule has 174 valence electrons. The Morgan fingerprint density at radius 1 is 1.24 bits per heavy atom. The number of anilines is 1. The molecule has 10 heteroatoms. The number of ketones is 1. The first-order valence-electron chi connectivity index (χ1n) is 10.8. The number of fused-ring (bicyclic) bond motifs is 1. The Balaban J connectivity index is 1.56. The van der Waals surface area contributed by atoms with Gasteiger partial charge >= 0.3 is 0 Å². The first-order valence-corrected chi connectivity index (χ1v) is 11.8. The Morgan fingerprint density at radius 3 is 2.79 bits per heavy atom. The van der Waals surface area contributed by atoms with Crippen molar-refractivity contribution in [3.63, 3.8) is 0 Å². The van der Waals surface area contributed by atoms with E-state index in [1.807, 2.05) is 13.8 Å². The van der Waals surface area contributed by atoms with Gasteiger partial charge in [-0.25, -0.2) is 9.07 Å². The van der Waals surface area contributed by atoms with E-state index in [2.05, 4.69) is 15.4 Å². The van der Waals surface area contributed by atoms with Crippen LogP contribution in [-0.2, 0) is 10.5 Å². The predicted octanol–water partition coefficient (Wildman–Crippen LogP) is 5.28. The molecule has 2 aromatic carbocycles. The quantitative estimate of drug-likeness (QED) is 0.302. The number of aromatic nitrogens is 3. The third-order valence-electron chi connectivity index (χ3n) is 6.02. The van der Waals surface area contributed by atoms with Gasteiger partial charge in [0, 0.05) is 35.6 Å². The zero-order chi connectivity index (χ0) is 24.0. The summed E-state index contributed by atoms with van der Waals surface area (Å²) in [7, 11) is 0. The lowest BCUT2D eigenvalue weighted by molar-refractivity contribution is -0.384. The number of hydrogen-bond acceptors (Lipinski definition) is 7. The number of rotatable bonds is 5. The molecule has 0 unspecified atom stereocenters. The summed E-state index contributed by atoms with van der Waals surface area (Å²) in [6.45, 7) is 4.07. The third-order valence-corrected chi connectivity index (χ3v) is 6.91. The first-order chi connectivity index (χ1) is 16.2. The third kappa shape index (κ3) is 4.09. The van der Waals surface area contributed by atoms with Gasteiger partial charge in [0.1, 0.15) is 11.9 Å². The highest BCUT2D eigenvalue weighted by molar-refractivity contribution is 7.98. The maximum atomic E-state index is 14.1. The maximum Gasteiger partial charge on any atom is 0.269 e. The number of carbonyl (C=O) groups excluding carboxylic acids is 1. The zero-order valence-electron chi connectivity index (χ0n) is 18.6. The highest BCUT2D eigenvalue weighted by atomic mass is 32.2. The first kappa shape index (κ1) is 22.3. The minimum Gasteiger partial charge on any atom is -0.328 e. The van der Waals surface area contributed by atoms with Crippen LogP contribution in [0.4, 0.5) is 16.0 Å². The molecule has 0 saturated carbocycles. The Labute approximate surface area is 199 Å². The average molecular weight is 480 g/mol. The van der Waals surface area contributed by atoms with Crippen molar-refractivity contribution >= 4 is 29.2 Å². The minimum atomic E-state index is -0.634. The molecule has 34 heavy (non-hydrogen) atoms. The number of halogens is 1. The molecule has 1 aliphatic heterocycles. The predicted molar refractivity (Wildman–Crippen MR) is 126 cm³/mol. The van der Waals surface area contributed by atoms with Crippen molar-refractivity contribution in [3.8, 4) is 0 Å². The van der Waals surface area contributed by atoms with Crippen LogP contribution in [0.25, 0.3) is 0 Å². The minimum absolute atomic E-state index is 0.0167. The second-order valence-corrected chi connectivity index (χ2v) is 10.2.